The molecule has 6 rings (SSSR count). The lowest BCUT2D eigenvalue weighted by molar-refractivity contribution is 0.0850. The van der Waals surface area contributed by atoms with Gasteiger partial charge in [-0.1, -0.05) is 53.4 Å². The molecule has 2 atom stereocenters. The molecular formula is C46H68Cl2N4O5. The Bertz CT molecular complexity index is 1880. The number of aromatic amines is 2. The lowest BCUT2D eigenvalue weighted by Crippen LogP contribution is -2.37. The van der Waals surface area contributed by atoms with E-state index >= 15 is 0 Å². The second-order valence-electron chi connectivity index (χ2n) is 15.9. The normalized spacial score (nSPS) is 16.0. The van der Waals surface area contributed by atoms with Gasteiger partial charge in [-0.25, -0.2) is 0 Å². The van der Waals surface area contributed by atoms with Gasteiger partial charge in [0.15, 0.2) is 11.6 Å². The number of nitrogens with zero attached hydrogens (tertiary/aromatic N) is 2. The van der Waals surface area contributed by atoms with Crippen molar-refractivity contribution in [3.8, 4) is 0 Å². The lowest BCUT2D eigenvalue weighted by Gasteiger charge is -2.31. The van der Waals surface area contributed by atoms with Gasteiger partial charge in [0.1, 0.15) is 0 Å². The van der Waals surface area contributed by atoms with Crippen LogP contribution in [0, 0.1) is 25.7 Å². The first-order valence-electron chi connectivity index (χ1n) is 20.9. The maximum Gasteiger partial charge on any atom is 0.248 e. The van der Waals surface area contributed by atoms with Crippen molar-refractivity contribution in [1.29, 1.82) is 0 Å². The number of H-pyrrole nitrogens is 2. The van der Waals surface area contributed by atoms with Gasteiger partial charge in [0.05, 0.1) is 0 Å². The first-order chi connectivity index (χ1) is 26.1. The summed E-state index contributed by atoms with van der Waals surface area (Å²) in [6.07, 6.45) is 13.2. The number of nitrogens with one attached hydrogen (secondary N) is 2. The van der Waals surface area contributed by atoms with Gasteiger partial charge < -0.3 is 25.2 Å². The van der Waals surface area contributed by atoms with E-state index in [1.165, 1.54) is 74.6 Å². The number of benzene rings is 2. The van der Waals surface area contributed by atoms with E-state index in [1.807, 2.05) is 38.1 Å². The Morgan fingerprint density at radius 1 is 0.561 bits per heavy atom. The third-order valence-electron chi connectivity index (χ3n) is 11.7. The highest BCUT2D eigenvalue weighted by molar-refractivity contribution is 6.11. The van der Waals surface area contributed by atoms with Crippen molar-refractivity contribution in [2.45, 2.75) is 119 Å². The van der Waals surface area contributed by atoms with E-state index in [0.29, 0.717) is 0 Å². The Kier molecular flexibility index (Phi) is 20.9. The van der Waals surface area contributed by atoms with E-state index in [-0.39, 0.29) is 64.8 Å². The van der Waals surface area contributed by atoms with E-state index in [9.17, 15) is 19.2 Å². The molecule has 0 fully saturated rings. The molecule has 11 heteroatoms. The molecule has 0 saturated heterocycles. The van der Waals surface area contributed by atoms with Crippen LogP contribution in [-0.4, -0.2) is 76.1 Å². The number of aromatic nitrogens is 2. The van der Waals surface area contributed by atoms with Crippen molar-refractivity contribution in [2.24, 2.45) is 11.8 Å². The zero-order valence-corrected chi connectivity index (χ0v) is 36.8. The van der Waals surface area contributed by atoms with Crippen molar-refractivity contribution in [2.75, 3.05) is 39.3 Å². The van der Waals surface area contributed by atoms with Gasteiger partial charge in [-0.2, -0.15) is 0 Å². The number of hydrogen-bond acceptors (Lipinski definition) is 6. The Morgan fingerprint density at radius 2 is 0.895 bits per heavy atom. The Balaban J connectivity index is 0.000000374. The molecule has 0 radical (unpaired) electrons. The molecule has 0 aliphatic heterocycles. The zero-order valence-electron chi connectivity index (χ0n) is 35.2. The van der Waals surface area contributed by atoms with Crippen LogP contribution in [0.2, 0.25) is 0 Å². The second kappa shape index (κ2) is 23.9. The summed E-state index contributed by atoms with van der Waals surface area (Å²) in [6, 6.07) is 10.7. The molecule has 4 aromatic rings. The van der Waals surface area contributed by atoms with Crippen molar-refractivity contribution in [3.05, 3.63) is 90.5 Å². The number of halogens is 2. The van der Waals surface area contributed by atoms with Crippen LogP contribution in [0.5, 0.6) is 0 Å². The van der Waals surface area contributed by atoms with Crippen LogP contribution < -0.4 is 11.1 Å². The van der Waals surface area contributed by atoms with E-state index < -0.39 is 0 Å². The highest BCUT2D eigenvalue weighted by Gasteiger charge is 2.33. The summed E-state index contributed by atoms with van der Waals surface area (Å²) in [5.74, 6) is 0.635. The van der Waals surface area contributed by atoms with Gasteiger partial charge in [0, 0.05) is 70.0 Å². The van der Waals surface area contributed by atoms with Gasteiger partial charge in [-0.3, -0.25) is 19.2 Å². The number of hydrogen-bond donors (Lipinski definition) is 2. The molecule has 9 nitrogen and oxygen atoms in total. The van der Waals surface area contributed by atoms with Gasteiger partial charge in [0.2, 0.25) is 11.1 Å². The van der Waals surface area contributed by atoms with Gasteiger partial charge in [0.25, 0.3) is 0 Å². The van der Waals surface area contributed by atoms with Crippen molar-refractivity contribution >= 4 is 58.2 Å². The molecule has 0 saturated carbocycles. The average molecular weight is 828 g/mol. The fourth-order valence-electron chi connectivity index (χ4n) is 8.57. The molecule has 316 valence electrons. The molecule has 2 unspecified atom stereocenters. The van der Waals surface area contributed by atoms with E-state index in [2.05, 4.69) is 47.5 Å². The van der Waals surface area contributed by atoms with Crippen LogP contribution in [-0.2, 0) is 12.8 Å². The summed E-state index contributed by atoms with van der Waals surface area (Å²) in [6.45, 7) is 19.0. The van der Waals surface area contributed by atoms with Gasteiger partial charge in [-0.05, 0) is 138 Å². The van der Waals surface area contributed by atoms with Crippen LogP contribution in [0.1, 0.15) is 135 Å². The standard InChI is InChI=1S/2C23H32N2O2.2ClH.H2O/c2*1-4-6-12-25(13-7-5-2)15-17-8-9-18-16(3)14-20-19(22(18)23(17)27)10-11-21(26)24-20;;;/h2*10-11,14,17H,4-9,12-13,15H2,1-3H3,(H,24,26);2*1H;1H2. The first kappa shape index (κ1) is 49.8. The number of Topliss-reactive ketones (excluding diaryl/α,β-unsaturated/α-hetero) is 2. The highest BCUT2D eigenvalue weighted by atomic mass is 35.5. The van der Waals surface area contributed by atoms with E-state index in [1.54, 1.807) is 0 Å². The molecule has 0 amide bonds. The molecular weight excluding hydrogens is 759 g/mol. The SMILES string of the molecule is CCCCN(CCCC)CC1CCc2c(C)cc3[nH]c(=O)ccc3c2C1=O.CCCCN(CCCC)CC1CCc2c(C)cc3[nH]c(=O)ccc3c2C1=O.Cl.Cl.O. The molecule has 2 aliphatic carbocycles. The van der Waals surface area contributed by atoms with Crippen LogP contribution >= 0.6 is 24.8 Å². The number of pyridine rings is 2. The number of fused-ring (bicyclic) bond motifs is 6. The summed E-state index contributed by atoms with van der Waals surface area (Å²) in [4.78, 5) is 61.0. The van der Waals surface area contributed by atoms with Gasteiger partial charge in [-0.15, -0.1) is 24.8 Å². The van der Waals surface area contributed by atoms with Crippen LogP contribution in [0.25, 0.3) is 21.8 Å². The predicted molar refractivity (Wildman–Crippen MR) is 242 cm³/mol. The second-order valence-corrected chi connectivity index (χ2v) is 15.9. The largest absolute Gasteiger partial charge is 0.412 e. The summed E-state index contributed by atoms with van der Waals surface area (Å²) >= 11 is 0. The average Bonchev–Trinajstić information content (AvgIpc) is 3.15. The number of unbranched alkanes of at least 4 members (excludes halogenated alkanes) is 4. The smallest absolute Gasteiger partial charge is 0.248 e. The number of carbonyl (C=O) groups excluding carboxylic acids is 2. The third kappa shape index (κ3) is 12.3. The van der Waals surface area contributed by atoms with Crippen LogP contribution in [0.3, 0.4) is 0 Å². The van der Waals surface area contributed by atoms with Crippen molar-refractivity contribution in [3.63, 3.8) is 0 Å². The first-order valence-corrected chi connectivity index (χ1v) is 20.9. The zero-order chi connectivity index (χ0) is 38.8. The predicted octanol–water partition coefficient (Wildman–Crippen LogP) is 8.99. The molecule has 2 aromatic heterocycles. The summed E-state index contributed by atoms with van der Waals surface area (Å²) < 4.78 is 0. The number of ketones is 2. The maximum atomic E-state index is 13.4. The third-order valence-corrected chi connectivity index (χ3v) is 11.7. The summed E-state index contributed by atoms with van der Waals surface area (Å²) in [7, 11) is 0. The Morgan fingerprint density at radius 3 is 1.21 bits per heavy atom. The van der Waals surface area contributed by atoms with Crippen molar-refractivity contribution in [1.82, 2.24) is 19.8 Å². The van der Waals surface area contributed by atoms with Gasteiger partial charge >= 0.3 is 0 Å². The molecule has 0 spiro atoms. The Labute approximate surface area is 351 Å². The molecule has 57 heavy (non-hydrogen) atoms. The molecule has 4 N–H and O–H groups in total. The monoisotopic (exact) mass is 826 g/mol. The number of aryl methyl sites for hydroxylation is 2. The molecule has 2 heterocycles. The number of carbonyl (C=O) groups is 2. The van der Waals surface area contributed by atoms with E-state index in [0.717, 1.165) is 109 Å². The fourth-order valence-corrected chi connectivity index (χ4v) is 8.57. The Hall–Kier alpha value is -3.34. The summed E-state index contributed by atoms with van der Waals surface area (Å²) in [5.41, 5.74) is 7.59. The minimum Gasteiger partial charge on any atom is -0.412 e. The molecule has 2 aromatic carbocycles. The maximum absolute atomic E-state index is 13.4. The molecule has 0 bridgehead atoms. The van der Waals surface area contributed by atoms with Crippen LogP contribution in [0.4, 0.5) is 0 Å². The van der Waals surface area contributed by atoms with E-state index in [4.69, 9.17) is 0 Å². The van der Waals surface area contributed by atoms with Crippen molar-refractivity contribution < 1.29 is 15.1 Å². The summed E-state index contributed by atoms with van der Waals surface area (Å²) in [5, 5.41) is 1.80. The lowest BCUT2D eigenvalue weighted by atomic mass is 9.79. The number of rotatable bonds is 16. The van der Waals surface area contributed by atoms with Crippen LogP contribution in [0.15, 0.2) is 46.0 Å². The minimum absolute atomic E-state index is 0. The topological polar surface area (TPSA) is 138 Å². The highest BCUT2D eigenvalue weighted by Crippen LogP contribution is 2.35. The quantitative estimate of drug-likeness (QED) is 0.116. The fraction of sp³-hybridized carbons (Fsp3) is 0.565. The minimum atomic E-state index is -0.119. The molecule has 2 aliphatic rings.